The van der Waals surface area contributed by atoms with Gasteiger partial charge in [-0.25, -0.2) is 4.39 Å². The van der Waals surface area contributed by atoms with Gasteiger partial charge in [-0.1, -0.05) is 36.7 Å². The van der Waals surface area contributed by atoms with E-state index in [1.165, 1.54) is 42.7 Å². The van der Waals surface area contributed by atoms with Crippen molar-refractivity contribution < 1.29 is 18.7 Å². The van der Waals surface area contributed by atoms with E-state index in [1.54, 1.807) is 5.38 Å². The number of thiophene rings is 1. The molecule has 3 aromatic rings. The molecule has 2 saturated heterocycles. The lowest BCUT2D eigenvalue weighted by atomic mass is 9.89. The van der Waals surface area contributed by atoms with Crippen LogP contribution in [0.25, 0.3) is 10.1 Å². The van der Waals surface area contributed by atoms with E-state index in [9.17, 15) is 9.59 Å². The van der Waals surface area contributed by atoms with E-state index in [0.29, 0.717) is 24.8 Å². The van der Waals surface area contributed by atoms with Gasteiger partial charge < -0.3 is 15.0 Å². The third-order valence-electron chi connectivity index (χ3n) is 9.06. The summed E-state index contributed by atoms with van der Waals surface area (Å²) < 4.78 is 22.6. The molecule has 2 aromatic carbocycles. The first kappa shape index (κ1) is 28.6. The van der Waals surface area contributed by atoms with E-state index in [-0.39, 0.29) is 46.7 Å². The van der Waals surface area contributed by atoms with Crippen LogP contribution in [-0.4, -0.2) is 66.0 Å². The van der Waals surface area contributed by atoms with E-state index < -0.39 is 5.82 Å². The minimum atomic E-state index is -0.559. The normalized spacial score (nSPS) is 24.9. The average Bonchev–Trinajstić information content (AvgIpc) is 3.55. The van der Waals surface area contributed by atoms with Crippen LogP contribution in [-0.2, 0) is 16.0 Å². The molecule has 1 N–H and O–H groups in total. The predicted molar refractivity (Wildman–Crippen MR) is 162 cm³/mol. The maximum Gasteiger partial charge on any atom is 0.257 e. The highest BCUT2D eigenvalue weighted by Gasteiger charge is 2.40. The number of hydrogen-bond acceptors (Lipinski definition) is 5. The summed E-state index contributed by atoms with van der Waals surface area (Å²) in [7, 11) is 0. The van der Waals surface area contributed by atoms with Crippen LogP contribution >= 0.6 is 22.9 Å². The van der Waals surface area contributed by atoms with Crippen LogP contribution in [0, 0.1) is 11.7 Å². The van der Waals surface area contributed by atoms with E-state index in [0.717, 1.165) is 48.4 Å². The Morgan fingerprint density at radius 1 is 1.15 bits per heavy atom. The van der Waals surface area contributed by atoms with Crippen LogP contribution in [0.5, 0.6) is 0 Å². The molecule has 0 unspecified atom stereocenters. The lowest BCUT2D eigenvalue weighted by Gasteiger charge is -2.36. The van der Waals surface area contributed by atoms with Crippen LogP contribution in [0.15, 0.2) is 41.8 Å². The molecule has 9 heteroatoms. The molecule has 1 aliphatic carbocycles. The number of amides is 2. The van der Waals surface area contributed by atoms with Crippen LogP contribution < -0.4 is 5.32 Å². The van der Waals surface area contributed by atoms with Crippen LogP contribution in [0.1, 0.15) is 61.4 Å². The van der Waals surface area contributed by atoms with Crippen molar-refractivity contribution in [2.75, 3.05) is 31.6 Å². The van der Waals surface area contributed by atoms with Gasteiger partial charge in [-0.05, 0) is 81.3 Å². The first-order valence-electron chi connectivity index (χ1n) is 14.8. The molecule has 218 valence electrons. The zero-order valence-electron chi connectivity index (χ0n) is 23.4. The number of benzene rings is 2. The van der Waals surface area contributed by atoms with Gasteiger partial charge in [0.1, 0.15) is 5.82 Å². The molecule has 3 heterocycles. The smallest absolute Gasteiger partial charge is 0.257 e. The zero-order chi connectivity index (χ0) is 28.5. The Morgan fingerprint density at radius 3 is 2.68 bits per heavy atom. The average molecular weight is 598 g/mol. The highest BCUT2D eigenvalue weighted by molar-refractivity contribution is 7.17. The first-order chi connectivity index (χ1) is 19.9. The fourth-order valence-corrected chi connectivity index (χ4v) is 7.57. The topological polar surface area (TPSA) is 61.9 Å². The molecule has 2 aliphatic heterocycles. The van der Waals surface area contributed by atoms with Crippen molar-refractivity contribution in [3.63, 3.8) is 0 Å². The van der Waals surface area contributed by atoms with Gasteiger partial charge in [-0.3, -0.25) is 14.5 Å². The second-order valence-corrected chi connectivity index (χ2v) is 13.2. The Bertz CT molecular complexity index is 1420. The number of nitrogens with one attached hydrogen (secondary N) is 1. The molecule has 2 amide bonds. The molecule has 41 heavy (non-hydrogen) atoms. The second-order valence-electron chi connectivity index (χ2n) is 11.9. The molecular formula is C32H37ClFN3O3S. The predicted octanol–water partition coefficient (Wildman–Crippen LogP) is 6.76. The molecule has 0 radical (unpaired) electrons. The quantitative estimate of drug-likeness (QED) is 0.312. The minimum Gasteiger partial charge on any atom is -0.376 e. The molecule has 2 atom stereocenters. The minimum absolute atomic E-state index is 0.00928. The van der Waals surface area contributed by atoms with Crippen LogP contribution in [0.4, 0.5) is 10.1 Å². The molecule has 0 spiro atoms. The number of rotatable bonds is 8. The van der Waals surface area contributed by atoms with Gasteiger partial charge in [-0.2, -0.15) is 0 Å². The summed E-state index contributed by atoms with van der Waals surface area (Å²) >= 11 is 7.98. The van der Waals surface area contributed by atoms with Crippen molar-refractivity contribution in [2.24, 2.45) is 5.92 Å². The first-order valence-corrected chi connectivity index (χ1v) is 16.0. The summed E-state index contributed by atoms with van der Waals surface area (Å²) in [5.74, 6) is -0.268. The number of carbonyl (C=O) groups excluding carboxylic acids is 2. The van der Waals surface area contributed by atoms with Crippen molar-refractivity contribution in [3.8, 4) is 0 Å². The van der Waals surface area contributed by atoms with Crippen molar-refractivity contribution in [1.82, 2.24) is 9.80 Å². The molecule has 0 bridgehead atoms. The van der Waals surface area contributed by atoms with E-state index in [1.807, 2.05) is 29.2 Å². The number of nitrogens with zero attached hydrogens (tertiary/aromatic N) is 2. The third kappa shape index (κ3) is 6.31. The van der Waals surface area contributed by atoms with Crippen molar-refractivity contribution in [1.29, 1.82) is 0 Å². The lowest BCUT2D eigenvalue weighted by molar-refractivity contribution is -0.133. The van der Waals surface area contributed by atoms with Gasteiger partial charge >= 0.3 is 0 Å². The Kier molecular flexibility index (Phi) is 8.63. The second kappa shape index (κ2) is 12.4. The Hall–Kier alpha value is -2.52. The van der Waals surface area contributed by atoms with Gasteiger partial charge in [-0.15, -0.1) is 11.3 Å². The number of likely N-dealkylation sites (tertiary alicyclic amines) is 2. The molecule has 3 fully saturated rings. The van der Waals surface area contributed by atoms with E-state index in [4.69, 9.17) is 16.3 Å². The molecule has 6 nitrogen and oxygen atoms in total. The van der Waals surface area contributed by atoms with Gasteiger partial charge in [0.05, 0.1) is 41.4 Å². The SMILES string of the molecule is C[C@H]1CC[C@H](OC[C@@H]2C[C@H](N3CCC3)CN2C(=O)Cc2cc(Cl)c(NC(=O)c3csc4ccccc34)cc2F)CC1. The Balaban J connectivity index is 1.12. The lowest BCUT2D eigenvalue weighted by Crippen LogP contribution is -2.46. The van der Waals surface area contributed by atoms with E-state index >= 15 is 4.39 Å². The fraction of sp³-hybridized carbons (Fsp3) is 0.500. The van der Waals surface area contributed by atoms with Gasteiger partial charge in [0, 0.05) is 28.1 Å². The summed E-state index contributed by atoms with van der Waals surface area (Å²) in [5, 5.41) is 5.58. The van der Waals surface area contributed by atoms with Crippen LogP contribution in [0.3, 0.4) is 0 Å². The maximum absolute atomic E-state index is 15.3. The monoisotopic (exact) mass is 597 g/mol. The number of halogens is 2. The highest BCUT2D eigenvalue weighted by atomic mass is 35.5. The number of anilines is 1. The number of fused-ring (bicyclic) bond motifs is 1. The summed E-state index contributed by atoms with van der Waals surface area (Å²) in [5.41, 5.74) is 0.934. The summed E-state index contributed by atoms with van der Waals surface area (Å²) in [4.78, 5) is 30.9. The Morgan fingerprint density at radius 2 is 1.93 bits per heavy atom. The summed E-state index contributed by atoms with van der Waals surface area (Å²) in [6.45, 7) is 5.61. The van der Waals surface area contributed by atoms with Crippen molar-refractivity contribution >= 4 is 50.5 Å². The Labute approximate surface area is 249 Å². The number of ether oxygens (including phenoxy) is 1. The van der Waals surface area contributed by atoms with E-state index in [2.05, 4.69) is 17.1 Å². The summed E-state index contributed by atoms with van der Waals surface area (Å²) in [6.07, 6.45) is 6.79. The largest absolute Gasteiger partial charge is 0.376 e. The van der Waals surface area contributed by atoms with Crippen molar-refractivity contribution in [3.05, 3.63) is 63.7 Å². The van der Waals surface area contributed by atoms with Gasteiger partial charge in [0.15, 0.2) is 0 Å². The zero-order valence-corrected chi connectivity index (χ0v) is 25.0. The van der Waals surface area contributed by atoms with Gasteiger partial charge in [0.2, 0.25) is 5.91 Å². The molecule has 3 aliphatic rings. The molecule has 6 rings (SSSR count). The standard InChI is InChI=1S/C32H37ClFN3O3S/c1-20-7-9-24(10-8-20)40-18-23-15-22(36-11-4-12-36)17-37(23)31(38)14-21-13-27(33)29(16-28(21)34)35-32(39)26-19-41-30-6-3-2-5-25(26)30/h2-3,5-6,13,16,19-20,22-24H,4,7-12,14-15,17-18H2,1H3,(H,35,39)/t20-,22-,23-,24-/m0/s1. The summed E-state index contributed by atoms with van der Waals surface area (Å²) in [6, 6.07) is 10.6. The van der Waals surface area contributed by atoms with Crippen molar-refractivity contribution in [2.45, 2.75) is 70.1 Å². The fourth-order valence-electron chi connectivity index (χ4n) is 6.40. The van der Waals surface area contributed by atoms with Crippen LogP contribution in [0.2, 0.25) is 5.02 Å². The molecular weight excluding hydrogens is 561 g/mol. The molecule has 1 saturated carbocycles. The molecule has 1 aromatic heterocycles. The third-order valence-corrected chi connectivity index (χ3v) is 10.3. The highest BCUT2D eigenvalue weighted by Crippen LogP contribution is 2.32. The van der Waals surface area contributed by atoms with Gasteiger partial charge in [0.25, 0.3) is 5.91 Å². The number of carbonyl (C=O) groups is 2. The number of hydrogen-bond donors (Lipinski definition) is 1. The maximum atomic E-state index is 15.3.